The van der Waals surface area contributed by atoms with Gasteiger partial charge in [0.15, 0.2) is 0 Å². The van der Waals surface area contributed by atoms with Crippen LogP contribution in [0.4, 0.5) is 4.79 Å². The highest BCUT2D eigenvalue weighted by atomic mass is 16.6. The summed E-state index contributed by atoms with van der Waals surface area (Å²) in [6.07, 6.45) is 2.23. The number of hydrogen-bond acceptors (Lipinski definition) is 3. The first-order valence-electron chi connectivity index (χ1n) is 6.81. The van der Waals surface area contributed by atoms with Crippen LogP contribution in [0.15, 0.2) is 0 Å². The first-order valence-corrected chi connectivity index (χ1v) is 6.81. The Kier molecular flexibility index (Phi) is 4.77. The van der Waals surface area contributed by atoms with Crippen molar-refractivity contribution in [3.63, 3.8) is 0 Å². The van der Waals surface area contributed by atoms with E-state index in [2.05, 4.69) is 0 Å². The lowest BCUT2D eigenvalue weighted by Crippen LogP contribution is -2.53. The van der Waals surface area contributed by atoms with Crippen LogP contribution >= 0.6 is 0 Å². The predicted molar refractivity (Wildman–Crippen MR) is 70.5 cm³/mol. The summed E-state index contributed by atoms with van der Waals surface area (Å²) in [6, 6.07) is -0.0166. The fourth-order valence-electron chi connectivity index (χ4n) is 2.40. The molecule has 4 nitrogen and oxygen atoms in total. The highest BCUT2D eigenvalue weighted by molar-refractivity contribution is 5.83. The number of nitrogens with zero attached hydrogens (tertiary/aromatic N) is 1. The second kappa shape index (κ2) is 5.72. The third-order valence-corrected chi connectivity index (χ3v) is 3.26. The molecular formula is C14H25NO3. The van der Waals surface area contributed by atoms with Crippen molar-refractivity contribution in [3.05, 3.63) is 0 Å². The Hall–Kier alpha value is -1.06. The summed E-state index contributed by atoms with van der Waals surface area (Å²) in [6.45, 7) is 9.60. The zero-order valence-corrected chi connectivity index (χ0v) is 12.2. The summed E-state index contributed by atoms with van der Waals surface area (Å²) in [4.78, 5) is 25.7. The molecule has 0 aromatic carbocycles. The van der Waals surface area contributed by atoms with Crippen LogP contribution < -0.4 is 0 Å². The minimum atomic E-state index is -0.491. The smallest absolute Gasteiger partial charge is 0.410 e. The van der Waals surface area contributed by atoms with E-state index in [0.29, 0.717) is 12.8 Å². The Morgan fingerprint density at radius 1 is 1.22 bits per heavy atom. The number of Topliss-reactive ketones (excluding diaryl/α,β-unsaturated/α-hetero) is 1. The molecule has 0 radical (unpaired) electrons. The molecule has 0 aromatic heterocycles. The van der Waals surface area contributed by atoms with Gasteiger partial charge in [0.05, 0.1) is 0 Å². The van der Waals surface area contributed by atoms with Crippen molar-refractivity contribution in [1.29, 1.82) is 0 Å². The highest BCUT2D eigenvalue weighted by Crippen LogP contribution is 2.26. The lowest BCUT2D eigenvalue weighted by Gasteiger charge is -2.41. The van der Waals surface area contributed by atoms with E-state index in [4.69, 9.17) is 4.74 Å². The fraction of sp³-hybridized carbons (Fsp3) is 0.857. The number of piperidine rings is 1. The van der Waals surface area contributed by atoms with Gasteiger partial charge in [0.25, 0.3) is 0 Å². The average molecular weight is 255 g/mol. The maximum absolute atomic E-state index is 12.3. The molecule has 1 amide bonds. The molecule has 4 heteroatoms. The average Bonchev–Trinajstić information content (AvgIpc) is 2.24. The summed E-state index contributed by atoms with van der Waals surface area (Å²) < 4.78 is 5.45. The van der Waals surface area contributed by atoms with Gasteiger partial charge in [-0.05, 0) is 33.6 Å². The van der Waals surface area contributed by atoms with Crippen molar-refractivity contribution in [2.45, 2.75) is 78.0 Å². The lowest BCUT2D eigenvalue weighted by atomic mass is 9.92. The van der Waals surface area contributed by atoms with Crippen LogP contribution in [0.3, 0.4) is 0 Å². The van der Waals surface area contributed by atoms with Crippen LogP contribution in [0.25, 0.3) is 0 Å². The molecule has 1 heterocycles. The van der Waals surface area contributed by atoms with E-state index in [1.54, 1.807) is 4.90 Å². The van der Waals surface area contributed by atoms with E-state index < -0.39 is 5.60 Å². The summed E-state index contributed by atoms with van der Waals surface area (Å²) in [7, 11) is 0. The zero-order valence-electron chi connectivity index (χ0n) is 12.2. The summed E-state index contributed by atoms with van der Waals surface area (Å²) >= 11 is 0. The molecular weight excluding hydrogens is 230 g/mol. The number of ketones is 1. The van der Waals surface area contributed by atoms with E-state index >= 15 is 0 Å². The molecule has 2 unspecified atom stereocenters. The van der Waals surface area contributed by atoms with Gasteiger partial charge in [0, 0.05) is 24.9 Å². The lowest BCUT2D eigenvalue weighted by molar-refractivity contribution is -0.125. The van der Waals surface area contributed by atoms with Gasteiger partial charge in [-0.3, -0.25) is 4.79 Å². The molecule has 18 heavy (non-hydrogen) atoms. The summed E-state index contributed by atoms with van der Waals surface area (Å²) in [5.74, 6) is 0.258. The van der Waals surface area contributed by atoms with Gasteiger partial charge in [0.2, 0.25) is 0 Å². The van der Waals surface area contributed by atoms with Crippen molar-refractivity contribution in [1.82, 2.24) is 4.90 Å². The van der Waals surface area contributed by atoms with Gasteiger partial charge in [0.1, 0.15) is 11.4 Å². The number of carbonyl (C=O) groups is 2. The molecule has 2 atom stereocenters. The number of hydrogen-bond donors (Lipinski definition) is 0. The van der Waals surface area contributed by atoms with Crippen LogP contribution in [-0.2, 0) is 9.53 Å². The van der Waals surface area contributed by atoms with E-state index in [0.717, 1.165) is 12.8 Å². The number of rotatable bonds is 2. The van der Waals surface area contributed by atoms with Crippen LogP contribution in [0.1, 0.15) is 60.3 Å². The normalized spacial score (nSPS) is 25.2. The third kappa shape index (κ3) is 3.72. The van der Waals surface area contributed by atoms with Crippen molar-refractivity contribution < 1.29 is 14.3 Å². The van der Waals surface area contributed by atoms with Gasteiger partial charge < -0.3 is 9.64 Å². The van der Waals surface area contributed by atoms with Crippen LogP contribution in [0, 0.1) is 0 Å². The highest BCUT2D eigenvalue weighted by Gasteiger charge is 2.38. The van der Waals surface area contributed by atoms with E-state index in [1.165, 1.54) is 0 Å². The monoisotopic (exact) mass is 255 g/mol. The molecule has 1 aliphatic heterocycles. The molecule has 1 rings (SSSR count). The number of carbonyl (C=O) groups excluding carboxylic acids is 2. The minimum absolute atomic E-state index is 0.00829. The predicted octanol–water partition coefficient (Wildman–Crippen LogP) is 3.14. The topological polar surface area (TPSA) is 46.6 Å². The molecule has 1 saturated heterocycles. The zero-order chi connectivity index (χ0) is 13.9. The first-order chi connectivity index (χ1) is 8.28. The van der Waals surface area contributed by atoms with Crippen LogP contribution in [0.2, 0.25) is 0 Å². The van der Waals surface area contributed by atoms with E-state index in [9.17, 15) is 9.59 Å². The van der Waals surface area contributed by atoms with Gasteiger partial charge in [-0.2, -0.15) is 0 Å². The molecule has 0 aliphatic carbocycles. The third-order valence-electron chi connectivity index (χ3n) is 3.26. The van der Waals surface area contributed by atoms with Gasteiger partial charge in [-0.15, -0.1) is 0 Å². The molecule has 0 spiro atoms. The molecule has 1 fully saturated rings. The second-order valence-corrected chi connectivity index (χ2v) is 5.96. The summed E-state index contributed by atoms with van der Waals surface area (Å²) in [5.41, 5.74) is -0.491. The van der Waals surface area contributed by atoms with Crippen molar-refractivity contribution in [3.8, 4) is 0 Å². The Balaban J connectivity index is 2.86. The fourth-order valence-corrected chi connectivity index (χ4v) is 2.40. The Bertz CT molecular complexity index is 303. The Morgan fingerprint density at radius 3 is 2.00 bits per heavy atom. The standard InChI is InChI=1S/C14H25NO3/c1-6-10-8-12(16)9-11(7-2)15(10)13(17)18-14(3,4)5/h10-11H,6-9H2,1-5H3. The van der Waals surface area contributed by atoms with Crippen LogP contribution in [-0.4, -0.2) is 34.5 Å². The SMILES string of the molecule is CCC1CC(=O)CC(CC)N1C(=O)OC(C)(C)C. The van der Waals surface area contributed by atoms with E-state index in [1.807, 2.05) is 34.6 Å². The Labute approximate surface area is 110 Å². The number of ether oxygens (including phenoxy) is 1. The van der Waals surface area contributed by atoms with Crippen molar-refractivity contribution in [2.24, 2.45) is 0 Å². The maximum Gasteiger partial charge on any atom is 0.410 e. The molecule has 104 valence electrons. The molecule has 1 aliphatic rings. The van der Waals surface area contributed by atoms with Gasteiger partial charge >= 0.3 is 6.09 Å². The molecule has 0 bridgehead atoms. The molecule has 0 aromatic rings. The van der Waals surface area contributed by atoms with E-state index in [-0.39, 0.29) is 24.0 Å². The number of likely N-dealkylation sites (tertiary alicyclic amines) is 1. The quantitative estimate of drug-likeness (QED) is 0.761. The van der Waals surface area contributed by atoms with Gasteiger partial charge in [-0.25, -0.2) is 4.79 Å². The molecule has 0 N–H and O–H groups in total. The van der Waals surface area contributed by atoms with Crippen molar-refractivity contribution >= 4 is 11.9 Å². The largest absolute Gasteiger partial charge is 0.444 e. The van der Waals surface area contributed by atoms with Crippen LogP contribution in [0.5, 0.6) is 0 Å². The minimum Gasteiger partial charge on any atom is -0.444 e. The van der Waals surface area contributed by atoms with Crippen molar-refractivity contribution in [2.75, 3.05) is 0 Å². The summed E-state index contributed by atoms with van der Waals surface area (Å²) in [5, 5.41) is 0. The molecule has 0 saturated carbocycles. The Morgan fingerprint density at radius 2 is 1.67 bits per heavy atom. The maximum atomic E-state index is 12.3. The number of amides is 1. The van der Waals surface area contributed by atoms with Gasteiger partial charge in [-0.1, -0.05) is 13.8 Å². The first kappa shape index (κ1) is 15.0. The second-order valence-electron chi connectivity index (χ2n) is 5.96.